The standard InChI is InChI=1S/C16H21N3O2S/c1-11(22-4)16(20)18-14(15-17-9-10-19(15)2)12-7-5-6-8-13(12)21-3/h5-11,14H,1-4H3,(H,18,20)/t11-,14-/m0/s1. The molecule has 0 saturated carbocycles. The Kier molecular flexibility index (Phi) is 5.49. The number of nitrogens with one attached hydrogen (secondary N) is 1. The summed E-state index contributed by atoms with van der Waals surface area (Å²) < 4.78 is 7.34. The number of nitrogens with zero attached hydrogens (tertiary/aromatic N) is 2. The van der Waals surface area contributed by atoms with Crippen LogP contribution >= 0.6 is 11.8 Å². The van der Waals surface area contributed by atoms with Gasteiger partial charge in [0.05, 0.1) is 12.4 Å². The fourth-order valence-electron chi connectivity index (χ4n) is 2.21. The summed E-state index contributed by atoms with van der Waals surface area (Å²) >= 11 is 1.51. The third kappa shape index (κ3) is 3.44. The second-order valence-corrected chi connectivity index (χ2v) is 6.14. The van der Waals surface area contributed by atoms with Crippen LogP contribution in [0.5, 0.6) is 5.75 Å². The quantitative estimate of drug-likeness (QED) is 0.888. The van der Waals surface area contributed by atoms with Crippen LogP contribution in [0.25, 0.3) is 0 Å². The van der Waals surface area contributed by atoms with Crippen molar-refractivity contribution in [3.63, 3.8) is 0 Å². The van der Waals surface area contributed by atoms with E-state index in [0.717, 1.165) is 17.1 Å². The molecule has 1 aromatic heterocycles. The van der Waals surface area contributed by atoms with Crippen molar-refractivity contribution in [2.24, 2.45) is 7.05 Å². The highest BCUT2D eigenvalue weighted by atomic mass is 32.2. The lowest BCUT2D eigenvalue weighted by Crippen LogP contribution is -2.36. The lowest BCUT2D eigenvalue weighted by molar-refractivity contribution is -0.120. The van der Waals surface area contributed by atoms with Crippen LogP contribution in [0, 0.1) is 0 Å². The molecule has 0 aliphatic rings. The van der Waals surface area contributed by atoms with E-state index in [1.54, 1.807) is 13.3 Å². The van der Waals surface area contributed by atoms with Crippen molar-refractivity contribution >= 4 is 17.7 Å². The Morgan fingerprint density at radius 3 is 2.73 bits per heavy atom. The number of aromatic nitrogens is 2. The normalized spacial score (nSPS) is 13.5. The molecular formula is C16H21N3O2S. The van der Waals surface area contributed by atoms with Crippen LogP contribution in [0.3, 0.4) is 0 Å². The van der Waals surface area contributed by atoms with Crippen LogP contribution in [0.4, 0.5) is 0 Å². The highest BCUT2D eigenvalue weighted by molar-refractivity contribution is 7.99. The molecule has 0 bridgehead atoms. The topological polar surface area (TPSA) is 56.1 Å². The average Bonchev–Trinajstić information content (AvgIpc) is 2.97. The van der Waals surface area contributed by atoms with Crippen LogP contribution in [0.15, 0.2) is 36.7 Å². The monoisotopic (exact) mass is 319 g/mol. The summed E-state index contributed by atoms with van der Waals surface area (Å²) in [5.74, 6) is 1.48. The van der Waals surface area contributed by atoms with Gasteiger partial charge in [0.2, 0.25) is 5.91 Å². The molecule has 1 amide bonds. The third-order valence-corrected chi connectivity index (χ3v) is 4.50. The Morgan fingerprint density at radius 1 is 1.41 bits per heavy atom. The van der Waals surface area contributed by atoms with Crippen molar-refractivity contribution in [3.05, 3.63) is 48.0 Å². The van der Waals surface area contributed by atoms with Crippen molar-refractivity contribution in [2.75, 3.05) is 13.4 Å². The van der Waals surface area contributed by atoms with E-state index in [4.69, 9.17) is 4.74 Å². The smallest absolute Gasteiger partial charge is 0.233 e. The van der Waals surface area contributed by atoms with Gasteiger partial charge in [-0.05, 0) is 19.2 Å². The number of hydrogen-bond acceptors (Lipinski definition) is 4. The first kappa shape index (κ1) is 16.4. The minimum atomic E-state index is -0.349. The van der Waals surface area contributed by atoms with E-state index in [9.17, 15) is 4.79 Å². The zero-order chi connectivity index (χ0) is 16.1. The maximum Gasteiger partial charge on any atom is 0.233 e. The van der Waals surface area contributed by atoms with Crippen LogP contribution in [0.2, 0.25) is 0 Å². The molecule has 1 aromatic carbocycles. The van der Waals surface area contributed by atoms with Gasteiger partial charge in [-0.1, -0.05) is 18.2 Å². The van der Waals surface area contributed by atoms with E-state index in [-0.39, 0.29) is 17.2 Å². The van der Waals surface area contributed by atoms with Crippen molar-refractivity contribution in [1.82, 2.24) is 14.9 Å². The van der Waals surface area contributed by atoms with E-state index < -0.39 is 0 Å². The molecule has 1 N–H and O–H groups in total. The zero-order valence-electron chi connectivity index (χ0n) is 13.2. The fourth-order valence-corrected chi connectivity index (χ4v) is 2.49. The highest BCUT2D eigenvalue weighted by Crippen LogP contribution is 2.29. The van der Waals surface area contributed by atoms with Crippen LogP contribution < -0.4 is 10.1 Å². The molecule has 0 fully saturated rings. The number of benzene rings is 1. The van der Waals surface area contributed by atoms with Gasteiger partial charge in [0.1, 0.15) is 17.6 Å². The first-order valence-corrected chi connectivity index (χ1v) is 8.30. The molecule has 5 nitrogen and oxygen atoms in total. The van der Waals surface area contributed by atoms with Gasteiger partial charge in [-0.15, -0.1) is 0 Å². The molecule has 0 saturated heterocycles. The summed E-state index contributed by atoms with van der Waals surface area (Å²) in [5.41, 5.74) is 0.890. The Balaban J connectivity index is 2.42. The molecule has 1 heterocycles. The predicted octanol–water partition coefficient (Wildman–Crippen LogP) is 2.39. The highest BCUT2D eigenvalue weighted by Gasteiger charge is 2.25. The fraction of sp³-hybridized carbons (Fsp3) is 0.375. The Hall–Kier alpha value is -1.95. The minimum Gasteiger partial charge on any atom is -0.496 e. The van der Waals surface area contributed by atoms with Gasteiger partial charge in [-0.2, -0.15) is 11.8 Å². The van der Waals surface area contributed by atoms with Crippen molar-refractivity contribution in [3.8, 4) is 5.75 Å². The summed E-state index contributed by atoms with van der Waals surface area (Å²) in [6.45, 7) is 1.89. The number of imidazole rings is 1. The molecule has 22 heavy (non-hydrogen) atoms. The number of rotatable bonds is 6. The second-order valence-electron chi connectivity index (χ2n) is 4.96. The Morgan fingerprint density at radius 2 is 2.14 bits per heavy atom. The molecule has 0 radical (unpaired) electrons. The largest absolute Gasteiger partial charge is 0.496 e. The number of amides is 1. The van der Waals surface area contributed by atoms with E-state index in [1.807, 2.05) is 55.3 Å². The van der Waals surface area contributed by atoms with Gasteiger partial charge in [0.15, 0.2) is 0 Å². The van der Waals surface area contributed by atoms with Gasteiger partial charge < -0.3 is 14.6 Å². The summed E-state index contributed by atoms with van der Waals surface area (Å²) in [7, 11) is 3.54. The van der Waals surface area contributed by atoms with Crippen molar-refractivity contribution < 1.29 is 9.53 Å². The lowest BCUT2D eigenvalue weighted by atomic mass is 10.0. The summed E-state index contributed by atoms with van der Waals surface area (Å²) in [5, 5.41) is 2.95. The number of carbonyl (C=O) groups excluding carboxylic acids is 1. The molecule has 2 aromatic rings. The number of ether oxygens (including phenoxy) is 1. The SMILES string of the molecule is COc1ccccc1[C@H](NC(=O)[C@H](C)SC)c1nccn1C. The van der Waals surface area contributed by atoms with E-state index in [2.05, 4.69) is 10.3 Å². The second kappa shape index (κ2) is 7.35. The lowest BCUT2D eigenvalue weighted by Gasteiger charge is -2.22. The molecule has 118 valence electrons. The van der Waals surface area contributed by atoms with E-state index in [1.165, 1.54) is 11.8 Å². The molecule has 2 rings (SSSR count). The van der Waals surface area contributed by atoms with E-state index >= 15 is 0 Å². The number of carbonyl (C=O) groups is 1. The summed E-state index contributed by atoms with van der Waals surface area (Å²) in [4.78, 5) is 16.7. The Labute approximate surface area is 135 Å². The summed E-state index contributed by atoms with van der Waals surface area (Å²) in [6, 6.07) is 7.32. The first-order valence-electron chi connectivity index (χ1n) is 7.01. The van der Waals surface area contributed by atoms with Crippen molar-refractivity contribution in [2.45, 2.75) is 18.2 Å². The van der Waals surface area contributed by atoms with Gasteiger partial charge in [0, 0.05) is 25.0 Å². The van der Waals surface area contributed by atoms with Crippen LogP contribution in [-0.2, 0) is 11.8 Å². The predicted molar refractivity (Wildman–Crippen MR) is 89.2 cm³/mol. The van der Waals surface area contributed by atoms with Crippen molar-refractivity contribution in [1.29, 1.82) is 0 Å². The molecular weight excluding hydrogens is 298 g/mol. The molecule has 6 heteroatoms. The van der Waals surface area contributed by atoms with Gasteiger partial charge in [-0.3, -0.25) is 4.79 Å². The van der Waals surface area contributed by atoms with Gasteiger partial charge >= 0.3 is 0 Å². The number of aryl methyl sites for hydroxylation is 1. The van der Waals surface area contributed by atoms with Gasteiger partial charge in [0.25, 0.3) is 0 Å². The average molecular weight is 319 g/mol. The van der Waals surface area contributed by atoms with Crippen LogP contribution in [-0.4, -0.2) is 34.1 Å². The zero-order valence-corrected chi connectivity index (χ0v) is 14.1. The number of para-hydroxylation sites is 1. The minimum absolute atomic E-state index is 0.0218. The maximum atomic E-state index is 12.4. The van der Waals surface area contributed by atoms with E-state index in [0.29, 0.717) is 0 Å². The first-order chi connectivity index (χ1) is 10.6. The molecule has 0 spiro atoms. The molecule has 0 unspecified atom stereocenters. The number of hydrogen-bond donors (Lipinski definition) is 1. The number of thioether (sulfide) groups is 1. The number of methoxy groups -OCH3 is 1. The molecule has 2 atom stereocenters. The molecule has 0 aliphatic heterocycles. The third-order valence-electron chi connectivity index (χ3n) is 3.58. The van der Waals surface area contributed by atoms with Gasteiger partial charge in [-0.25, -0.2) is 4.98 Å². The maximum absolute atomic E-state index is 12.4. The molecule has 0 aliphatic carbocycles. The Bertz CT molecular complexity index is 642. The summed E-state index contributed by atoms with van der Waals surface area (Å²) in [6.07, 6.45) is 5.51. The van der Waals surface area contributed by atoms with Crippen LogP contribution in [0.1, 0.15) is 24.4 Å².